The topological polar surface area (TPSA) is 90.2 Å². The normalized spacial score (nSPS) is 15.4. The summed E-state index contributed by atoms with van der Waals surface area (Å²) in [5.74, 6) is 1.91. The third kappa shape index (κ3) is 6.53. The zero-order valence-electron chi connectivity index (χ0n) is 17.3. The molecule has 1 aliphatic rings. The van der Waals surface area contributed by atoms with Crippen molar-refractivity contribution in [2.75, 3.05) is 46.3 Å². The van der Waals surface area contributed by atoms with Crippen LogP contribution in [0.1, 0.15) is 19.7 Å². The number of nitrogens with zero attached hydrogens (tertiary/aromatic N) is 6. The van der Waals surface area contributed by atoms with Crippen LogP contribution in [-0.2, 0) is 11.2 Å². The lowest BCUT2D eigenvalue weighted by Gasteiger charge is -2.36. The maximum absolute atomic E-state index is 11.9. The molecule has 3 rings (SSSR count). The fraction of sp³-hybridized carbons (Fsp3) is 0.579. The summed E-state index contributed by atoms with van der Waals surface area (Å²) < 4.78 is 2.01. The Bertz CT molecular complexity index is 813. The number of halogens is 1. The van der Waals surface area contributed by atoms with Gasteiger partial charge in [-0.2, -0.15) is 0 Å². The Labute approximate surface area is 189 Å². The minimum absolute atomic E-state index is 0. The number of nitrogens with one attached hydrogen (secondary N) is 2. The first-order valence-electron chi connectivity index (χ1n) is 9.83. The molecule has 0 aromatic carbocycles. The maximum Gasteiger partial charge on any atom is 0.234 e. The molecular weight excluding hydrogens is 483 g/mol. The minimum atomic E-state index is 0. The van der Waals surface area contributed by atoms with E-state index in [1.54, 1.807) is 7.05 Å². The molecule has 0 saturated carbocycles. The predicted octanol–water partition coefficient (Wildman–Crippen LogP) is 0.607. The van der Waals surface area contributed by atoms with E-state index in [0.29, 0.717) is 6.54 Å². The van der Waals surface area contributed by atoms with Gasteiger partial charge in [0.05, 0.1) is 6.54 Å². The molecule has 1 amide bonds. The third-order valence-electron chi connectivity index (χ3n) is 4.72. The Morgan fingerprint density at radius 3 is 2.66 bits per heavy atom. The highest BCUT2D eigenvalue weighted by Gasteiger charge is 2.21. The number of aliphatic imine (C=N–C) groups is 1. The Morgan fingerprint density at radius 2 is 1.97 bits per heavy atom. The molecule has 0 radical (unpaired) electrons. The van der Waals surface area contributed by atoms with Crippen molar-refractivity contribution in [1.82, 2.24) is 35.0 Å². The van der Waals surface area contributed by atoms with Crippen LogP contribution in [0.3, 0.4) is 0 Å². The molecule has 9 nitrogen and oxygen atoms in total. The molecule has 160 valence electrons. The molecule has 1 saturated heterocycles. The van der Waals surface area contributed by atoms with E-state index in [0.717, 1.165) is 56.6 Å². The minimum Gasteiger partial charge on any atom is -0.356 e. The van der Waals surface area contributed by atoms with Crippen LogP contribution in [0.2, 0.25) is 0 Å². The maximum atomic E-state index is 11.9. The van der Waals surface area contributed by atoms with Crippen molar-refractivity contribution in [3.63, 3.8) is 0 Å². The van der Waals surface area contributed by atoms with Gasteiger partial charge in [0.15, 0.2) is 11.6 Å². The Kier molecular flexibility index (Phi) is 9.08. The Morgan fingerprint density at radius 1 is 1.21 bits per heavy atom. The Balaban J connectivity index is 0.00000300. The van der Waals surface area contributed by atoms with Crippen molar-refractivity contribution >= 4 is 41.5 Å². The van der Waals surface area contributed by atoms with Crippen LogP contribution in [0.25, 0.3) is 5.65 Å². The lowest BCUT2D eigenvalue weighted by atomic mass is 10.3. The molecule has 2 aromatic rings. The van der Waals surface area contributed by atoms with Gasteiger partial charge in [-0.25, -0.2) is 0 Å². The molecule has 10 heteroatoms. The van der Waals surface area contributed by atoms with E-state index >= 15 is 0 Å². The van der Waals surface area contributed by atoms with E-state index in [9.17, 15) is 4.79 Å². The lowest BCUT2D eigenvalue weighted by Crippen LogP contribution is -2.54. The van der Waals surface area contributed by atoms with Gasteiger partial charge >= 0.3 is 0 Å². The number of piperazine rings is 1. The van der Waals surface area contributed by atoms with Crippen molar-refractivity contribution in [3.8, 4) is 0 Å². The van der Waals surface area contributed by atoms with Gasteiger partial charge in [-0.15, -0.1) is 34.2 Å². The van der Waals surface area contributed by atoms with Crippen LogP contribution in [0.5, 0.6) is 0 Å². The largest absolute Gasteiger partial charge is 0.356 e. The van der Waals surface area contributed by atoms with Gasteiger partial charge < -0.3 is 15.5 Å². The number of carbonyl (C=O) groups is 1. The van der Waals surface area contributed by atoms with Crippen molar-refractivity contribution in [2.45, 2.75) is 26.3 Å². The smallest absolute Gasteiger partial charge is 0.234 e. The summed E-state index contributed by atoms with van der Waals surface area (Å²) in [6, 6.07) is 6.07. The quantitative estimate of drug-likeness (QED) is 0.334. The molecule has 29 heavy (non-hydrogen) atoms. The van der Waals surface area contributed by atoms with E-state index < -0.39 is 0 Å². The highest BCUT2D eigenvalue weighted by atomic mass is 127. The van der Waals surface area contributed by atoms with Gasteiger partial charge in [0.25, 0.3) is 0 Å². The molecule has 0 aliphatic carbocycles. The van der Waals surface area contributed by atoms with Crippen LogP contribution in [0.4, 0.5) is 0 Å². The van der Waals surface area contributed by atoms with Gasteiger partial charge in [-0.05, 0) is 26.0 Å². The predicted molar refractivity (Wildman–Crippen MR) is 125 cm³/mol. The second kappa shape index (κ2) is 11.3. The van der Waals surface area contributed by atoms with Gasteiger partial charge in [0.2, 0.25) is 5.91 Å². The van der Waals surface area contributed by atoms with Gasteiger partial charge in [0, 0.05) is 58.4 Å². The summed E-state index contributed by atoms with van der Waals surface area (Å²) in [5, 5.41) is 14.8. The van der Waals surface area contributed by atoms with E-state index in [1.807, 2.05) is 42.6 Å². The third-order valence-corrected chi connectivity index (χ3v) is 4.72. The summed E-state index contributed by atoms with van der Waals surface area (Å²) in [5.41, 5.74) is 0.861. The molecule has 0 spiro atoms. The van der Waals surface area contributed by atoms with Crippen molar-refractivity contribution in [2.24, 2.45) is 4.99 Å². The van der Waals surface area contributed by atoms with E-state index in [-0.39, 0.29) is 35.9 Å². The first-order chi connectivity index (χ1) is 13.6. The number of carbonyl (C=O) groups excluding carboxylic acids is 1. The summed E-state index contributed by atoms with van der Waals surface area (Å²) in [7, 11) is 1.80. The van der Waals surface area contributed by atoms with Gasteiger partial charge in [-0.1, -0.05) is 6.07 Å². The van der Waals surface area contributed by atoms with Crippen LogP contribution in [0, 0.1) is 0 Å². The average Bonchev–Trinajstić information content (AvgIpc) is 3.09. The van der Waals surface area contributed by atoms with E-state index in [4.69, 9.17) is 0 Å². The Hall–Kier alpha value is -1.95. The van der Waals surface area contributed by atoms with E-state index in [2.05, 4.69) is 35.6 Å². The highest BCUT2D eigenvalue weighted by molar-refractivity contribution is 14.0. The molecule has 1 fully saturated rings. The molecule has 0 atom stereocenters. The zero-order chi connectivity index (χ0) is 19.9. The number of hydrogen-bond acceptors (Lipinski definition) is 5. The van der Waals surface area contributed by atoms with Gasteiger partial charge in [-0.3, -0.25) is 19.1 Å². The molecule has 1 aliphatic heterocycles. The standard InChI is InChI=1S/C19H30N8O.HI/c1-15(2)22-18(28)14-25-10-12-26(13-11-25)19(20-3)21-8-7-17-24-23-16-6-4-5-9-27(16)17;/h4-6,9,15H,7-8,10-14H2,1-3H3,(H,20,21)(H,22,28);1H. The first kappa shape index (κ1) is 23.3. The number of amides is 1. The van der Waals surface area contributed by atoms with E-state index in [1.165, 1.54) is 0 Å². The fourth-order valence-electron chi connectivity index (χ4n) is 3.37. The highest BCUT2D eigenvalue weighted by Crippen LogP contribution is 2.04. The molecule has 3 heterocycles. The summed E-state index contributed by atoms with van der Waals surface area (Å²) >= 11 is 0. The van der Waals surface area contributed by atoms with Gasteiger partial charge in [0.1, 0.15) is 5.82 Å². The molecule has 2 aromatic heterocycles. The van der Waals surface area contributed by atoms with Crippen LogP contribution in [-0.4, -0.2) is 88.6 Å². The van der Waals surface area contributed by atoms with Crippen molar-refractivity contribution in [3.05, 3.63) is 30.2 Å². The molecule has 0 unspecified atom stereocenters. The second-order valence-corrected chi connectivity index (χ2v) is 7.25. The second-order valence-electron chi connectivity index (χ2n) is 7.25. The van der Waals surface area contributed by atoms with Crippen LogP contribution >= 0.6 is 24.0 Å². The first-order valence-corrected chi connectivity index (χ1v) is 9.83. The van der Waals surface area contributed by atoms with Crippen LogP contribution in [0.15, 0.2) is 29.4 Å². The number of rotatable bonds is 6. The number of fused-ring (bicyclic) bond motifs is 1. The summed E-state index contributed by atoms with van der Waals surface area (Å²) in [6.45, 7) is 8.55. The average molecular weight is 514 g/mol. The zero-order valence-corrected chi connectivity index (χ0v) is 19.7. The molecule has 0 bridgehead atoms. The number of pyridine rings is 1. The fourth-order valence-corrected chi connectivity index (χ4v) is 3.37. The monoisotopic (exact) mass is 514 g/mol. The number of aromatic nitrogens is 3. The molecular formula is C19H31IN8O. The van der Waals surface area contributed by atoms with Crippen molar-refractivity contribution < 1.29 is 4.79 Å². The number of hydrogen-bond donors (Lipinski definition) is 2. The lowest BCUT2D eigenvalue weighted by molar-refractivity contribution is -0.123. The molecule has 2 N–H and O–H groups in total. The summed E-state index contributed by atoms with van der Waals surface area (Å²) in [4.78, 5) is 20.8. The number of guanidine groups is 1. The van der Waals surface area contributed by atoms with Crippen molar-refractivity contribution in [1.29, 1.82) is 0 Å². The summed E-state index contributed by atoms with van der Waals surface area (Å²) in [6.07, 6.45) is 2.74. The van der Waals surface area contributed by atoms with Crippen LogP contribution < -0.4 is 10.6 Å². The SMILES string of the molecule is CN=C(NCCc1nnc2ccccn12)N1CCN(CC(=O)NC(C)C)CC1.I.